The molecule has 2 aromatic carbocycles. The molecule has 1 N–H and O–H groups in total. The highest BCUT2D eigenvalue weighted by Gasteiger charge is 2.17. The molecule has 0 aliphatic carbocycles. The number of hydrogen-bond acceptors (Lipinski definition) is 5. The minimum absolute atomic E-state index is 0.0489. The van der Waals surface area contributed by atoms with E-state index < -0.39 is 6.10 Å². The molecule has 1 heterocycles. The number of nitrogens with zero attached hydrogens (tertiary/aromatic N) is 1. The molecule has 0 bridgehead atoms. The lowest BCUT2D eigenvalue weighted by atomic mass is 10.1. The van der Waals surface area contributed by atoms with Crippen LogP contribution in [0, 0.1) is 0 Å². The van der Waals surface area contributed by atoms with Gasteiger partial charge >= 0.3 is 0 Å². The Labute approximate surface area is 185 Å². The smallest absolute Gasteiger partial charge is 0.163 e. The highest BCUT2D eigenvalue weighted by molar-refractivity contribution is 6.35. The summed E-state index contributed by atoms with van der Waals surface area (Å²) in [6.07, 6.45) is 0.826. The fourth-order valence-corrected chi connectivity index (χ4v) is 3.59. The van der Waals surface area contributed by atoms with E-state index in [9.17, 15) is 9.90 Å². The molecular formula is C23H23Cl2NO4. The van der Waals surface area contributed by atoms with Crippen LogP contribution in [0.2, 0.25) is 10.0 Å². The van der Waals surface area contributed by atoms with Gasteiger partial charge in [0.2, 0.25) is 0 Å². The molecule has 0 saturated carbocycles. The number of hydrogen-bond donors (Lipinski definition) is 1. The Morgan fingerprint density at radius 1 is 1.13 bits per heavy atom. The Morgan fingerprint density at radius 2 is 1.93 bits per heavy atom. The average molecular weight is 448 g/mol. The fraction of sp³-hybridized carbons (Fsp3) is 0.261. The Bertz CT molecular complexity index is 975. The lowest BCUT2D eigenvalue weighted by Crippen LogP contribution is -2.35. The van der Waals surface area contributed by atoms with Crippen LogP contribution in [0.3, 0.4) is 0 Å². The topological polar surface area (TPSA) is 62.9 Å². The number of aliphatic hydroxyl groups excluding tert-OH is 1. The summed E-state index contributed by atoms with van der Waals surface area (Å²) in [7, 11) is 0. The van der Waals surface area contributed by atoms with Crippen molar-refractivity contribution < 1.29 is 19.1 Å². The van der Waals surface area contributed by atoms with E-state index in [0.29, 0.717) is 41.0 Å². The van der Waals surface area contributed by atoms with E-state index in [1.54, 1.807) is 42.7 Å². The predicted octanol–water partition coefficient (Wildman–Crippen LogP) is 5.23. The summed E-state index contributed by atoms with van der Waals surface area (Å²) in [5.41, 5.74) is 1.38. The second-order valence-electron chi connectivity index (χ2n) is 7.00. The van der Waals surface area contributed by atoms with Crippen LogP contribution in [0.15, 0.2) is 65.3 Å². The molecule has 0 amide bonds. The number of furan rings is 1. The largest absolute Gasteiger partial charge is 0.490 e. The number of para-hydroxylation sites is 1. The molecule has 30 heavy (non-hydrogen) atoms. The van der Waals surface area contributed by atoms with Crippen LogP contribution < -0.4 is 4.74 Å². The van der Waals surface area contributed by atoms with Crippen molar-refractivity contribution in [1.82, 2.24) is 4.90 Å². The van der Waals surface area contributed by atoms with Gasteiger partial charge in [0, 0.05) is 23.1 Å². The molecule has 7 heteroatoms. The molecule has 158 valence electrons. The van der Waals surface area contributed by atoms with Crippen molar-refractivity contribution in [2.45, 2.75) is 26.1 Å². The summed E-state index contributed by atoms with van der Waals surface area (Å²) in [4.78, 5) is 13.8. The van der Waals surface area contributed by atoms with Crippen LogP contribution >= 0.6 is 23.2 Å². The second-order valence-corrected chi connectivity index (χ2v) is 7.85. The Morgan fingerprint density at radius 3 is 2.63 bits per heavy atom. The lowest BCUT2D eigenvalue weighted by Gasteiger charge is -2.25. The normalized spacial score (nSPS) is 12.2. The van der Waals surface area contributed by atoms with Crippen LogP contribution in [0.25, 0.3) is 0 Å². The highest BCUT2D eigenvalue weighted by atomic mass is 35.5. The minimum atomic E-state index is -0.786. The number of carbonyl (C=O) groups excluding carboxylic acids is 1. The molecule has 3 aromatic rings. The van der Waals surface area contributed by atoms with Crippen LogP contribution in [0.5, 0.6) is 5.75 Å². The van der Waals surface area contributed by atoms with Gasteiger partial charge in [-0.3, -0.25) is 9.69 Å². The van der Waals surface area contributed by atoms with E-state index in [0.717, 1.165) is 11.3 Å². The summed E-state index contributed by atoms with van der Waals surface area (Å²) >= 11 is 12.3. The SMILES string of the molecule is CC(=O)c1ccccc1OCC(O)CN(Cc1ccco1)Cc1ccc(Cl)cc1Cl. The quantitative estimate of drug-likeness (QED) is 0.431. The van der Waals surface area contributed by atoms with Gasteiger partial charge in [-0.05, 0) is 48.9 Å². The standard InChI is InChI=1S/C23H23Cl2NO4/c1-16(27)21-6-2-3-7-23(21)30-15-19(28)13-26(14-20-5-4-10-29-20)12-17-8-9-18(24)11-22(17)25/h2-11,19,28H,12-15H2,1H3. The average Bonchev–Trinajstić information content (AvgIpc) is 3.21. The van der Waals surface area contributed by atoms with E-state index >= 15 is 0 Å². The number of aliphatic hydroxyl groups is 1. The van der Waals surface area contributed by atoms with Crippen molar-refractivity contribution in [3.05, 3.63) is 87.8 Å². The Kier molecular flexibility index (Phi) is 7.94. The molecule has 0 saturated heterocycles. The number of ketones is 1. The second kappa shape index (κ2) is 10.6. The number of halogens is 2. The van der Waals surface area contributed by atoms with E-state index in [4.69, 9.17) is 32.4 Å². The number of carbonyl (C=O) groups is 1. The Balaban J connectivity index is 1.67. The zero-order valence-electron chi connectivity index (χ0n) is 16.6. The van der Waals surface area contributed by atoms with Gasteiger partial charge in [-0.1, -0.05) is 41.4 Å². The van der Waals surface area contributed by atoms with E-state index in [-0.39, 0.29) is 12.4 Å². The maximum Gasteiger partial charge on any atom is 0.163 e. The van der Waals surface area contributed by atoms with Gasteiger partial charge < -0.3 is 14.3 Å². The fourth-order valence-electron chi connectivity index (χ4n) is 3.12. The molecule has 5 nitrogen and oxygen atoms in total. The molecule has 1 atom stereocenters. The van der Waals surface area contributed by atoms with Gasteiger partial charge in [-0.25, -0.2) is 0 Å². The Hall–Kier alpha value is -2.31. The van der Waals surface area contributed by atoms with Gasteiger partial charge in [0.15, 0.2) is 5.78 Å². The van der Waals surface area contributed by atoms with Gasteiger partial charge in [-0.2, -0.15) is 0 Å². The van der Waals surface area contributed by atoms with Crippen LogP contribution in [-0.2, 0) is 13.1 Å². The summed E-state index contributed by atoms with van der Waals surface area (Å²) in [6, 6.07) is 16.0. The van der Waals surface area contributed by atoms with Crippen LogP contribution in [0.1, 0.15) is 28.6 Å². The molecule has 0 radical (unpaired) electrons. The van der Waals surface area contributed by atoms with Crippen LogP contribution in [-0.4, -0.2) is 35.0 Å². The molecule has 0 spiro atoms. The third-order valence-electron chi connectivity index (χ3n) is 4.54. The van der Waals surface area contributed by atoms with Crippen molar-refractivity contribution in [1.29, 1.82) is 0 Å². The summed E-state index contributed by atoms with van der Waals surface area (Å²) in [5, 5.41) is 11.7. The number of benzene rings is 2. The first-order chi connectivity index (χ1) is 14.4. The first kappa shape index (κ1) is 22.4. The van der Waals surface area contributed by atoms with Crippen LogP contribution in [0.4, 0.5) is 0 Å². The van der Waals surface area contributed by atoms with Gasteiger partial charge in [0.25, 0.3) is 0 Å². The molecule has 3 rings (SSSR count). The zero-order valence-corrected chi connectivity index (χ0v) is 18.1. The monoisotopic (exact) mass is 447 g/mol. The van der Waals surface area contributed by atoms with Crippen molar-refractivity contribution in [3.63, 3.8) is 0 Å². The molecular weight excluding hydrogens is 425 g/mol. The van der Waals surface area contributed by atoms with Gasteiger partial charge in [0.05, 0.1) is 18.4 Å². The molecule has 0 aliphatic heterocycles. The molecule has 0 fully saturated rings. The summed E-state index contributed by atoms with van der Waals surface area (Å²) < 4.78 is 11.2. The van der Waals surface area contributed by atoms with Crippen molar-refractivity contribution in [2.24, 2.45) is 0 Å². The zero-order chi connectivity index (χ0) is 21.5. The van der Waals surface area contributed by atoms with E-state index in [1.165, 1.54) is 6.92 Å². The maximum atomic E-state index is 11.7. The highest BCUT2D eigenvalue weighted by Crippen LogP contribution is 2.23. The van der Waals surface area contributed by atoms with Gasteiger partial charge in [0.1, 0.15) is 24.2 Å². The van der Waals surface area contributed by atoms with Crippen molar-refractivity contribution >= 4 is 29.0 Å². The molecule has 1 unspecified atom stereocenters. The predicted molar refractivity (Wildman–Crippen MR) is 117 cm³/mol. The van der Waals surface area contributed by atoms with Crippen molar-refractivity contribution in [3.8, 4) is 5.75 Å². The molecule has 0 aliphatic rings. The third-order valence-corrected chi connectivity index (χ3v) is 5.12. The number of ether oxygens (including phenoxy) is 1. The number of Topliss-reactive ketones (excluding diaryl/α,β-unsaturated/α-hetero) is 1. The first-order valence-corrected chi connectivity index (χ1v) is 10.3. The lowest BCUT2D eigenvalue weighted by molar-refractivity contribution is 0.0599. The summed E-state index contributed by atoms with van der Waals surface area (Å²) in [6.45, 7) is 2.85. The maximum absolute atomic E-state index is 11.7. The first-order valence-electron chi connectivity index (χ1n) is 9.52. The van der Waals surface area contributed by atoms with E-state index in [2.05, 4.69) is 0 Å². The number of rotatable bonds is 10. The van der Waals surface area contributed by atoms with Crippen molar-refractivity contribution in [2.75, 3.05) is 13.2 Å². The minimum Gasteiger partial charge on any atom is -0.490 e. The third kappa shape index (κ3) is 6.34. The molecule has 1 aromatic heterocycles. The van der Waals surface area contributed by atoms with Gasteiger partial charge in [-0.15, -0.1) is 0 Å². The summed E-state index contributed by atoms with van der Waals surface area (Å²) in [5.74, 6) is 1.15. The van der Waals surface area contributed by atoms with E-state index in [1.807, 2.05) is 23.1 Å².